The quantitative estimate of drug-likeness (QED) is 0.290. The van der Waals surface area contributed by atoms with Crippen LogP contribution in [-0.4, -0.2) is 31.1 Å². The second-order valence-electron chi connectivity index (χ2n) is 4.33. The van der Waals surface area contributed by atoms with E-state index in [1.807, 2.05) is 0 Å². The molecule has 0 aliphatic carbocycles. The maximum Gasteiger partial charge on any atom is 1.00 e. The molecule has 0 saturated carbocycles. The Morgan fingerprint density at radius 2 is 2.18 bits per heavy atom. The van der Waals surface area contributed by atoms with E-state index in [1.54, 1.807) is 30.0 Å². The van der Waals surface area contributed by atoms with Gasteiger partial charge in [0.25, 0.3) is 10.4 Å². The van der Waals surface area contributed by atoms with Gasteiger partial charge in [-0.25, -0.2) is 0 Å². The van der Waals surface area contributed by atoms with Gasteiger partial charge in [-0.1, -0.05) is 23.7 Å². The summed E-state index contributed by atoms with van der Waals surface area (Å²) in [6.45, 7) is 2.07. The Balaban J connectivity index is 0.00000242. The molecule has 1 aromatic carbocycles. The van der Waals surface area contributed by atoms with Gasteiger partial charge in [0, 0.05) is 30.0 Å². The molecule has 0 aromatic heterocycles. The zero-order valence-corrected chi connectivity index (χ0v) is 15.6. The molecule has 0 fully saturated rings. The number of hydrogen-bond donors (Lipinski definition) is 0. The van der Waals surface area contributed by atoms with Crippen molar-refractivity contribution in [2.75, 3.05) is 11.4 Å². The van der Waals surface area contributed by atoms with E-state index in [1.165, 1.54) is 0 Å². The molecular formula is C12H12ClN2NaO5S. The van der Waals surface area contributed by atoms with Crippen LogP contribution in [0.1, 0.15) is 25.3 Å². The van der Waals surface area contributed by atoms with E-state index in [-0.39, 0.29) is 47.6 Å². The van der Waals surface area contributed by atoms with Crippen molar-refractivity contribution in [2.45, 2.75) is 19.8 Å². The summed E-state index contributed by atoms with van der Waals surface area (Å²) in [7, 11) is -4.92. The van der Waals surface area contributed by atoms with Gasteiger partial charge in [-0.2, -0.15) is 8.42 Å². The van der Waals surface area contributed by atoms with Crippen LogP contribution in [0.4, 0.5) is 5.69 Å². The van der Waals surface area contributed by atoms with Crippen LogP contribution in [0, 0.1) is 0 Å². The zero-order chi connectivity index (χ0) is 15.6. The van der Waals surface area contributed by atoms with Crippen molar-refractivity contribution < 1.29 is 51.6 Å². The number of fused-ring (bicyclic) bond motifs is 1. The molecule has 1 aromatic rings. The van der Waals surface area contributed by atoms with Gasteiger partial charge in [0.1, 0.15) is 0 Å². The Kier molecular flexibility index (Phi) is 6.84. The number of oxime groups is 1. The van der Waals surface area contributed by atoms with Crippen LogP contribution in [0.15, 0.2) is 23.4 Å². The molecule has 1 amide bonds. The number of carbonyl (C=O) groups is 1. The molecule has 0 radical (unpaired) electrons. The number of nitrogens with zero attached hydrogens (tertiary/aromatic N) is 2. The maximum absolute atomic E-state index is 11.9. The molecule has 0 unspecified atom stereocenters. The monoisotopic (exact) mass is 354 g/mol. The first-order valence-corrected chi connectivity index (χ1v) is 7.84. The van der Waals surface area contributed by atoms with E-state index < -0.39 is 10.4 Å². The average Bonchev–Trinajstić information content (AvgIpc) is 2.42. The van der Waals surface area contributed by atoms with E-state index in [4.69, 9.17) is 11.6 Å². The third-order valence-corrected chi connectivity index (χ3v) is 3.47. The summed E-state index contributed by atoms with van der Waals surface area (Å²) in [4.78, 5) is 13.5. The summed E-state index contributed by atoms with van der Waals surface area (Å²) in [5.41, 5.74) is 1.29. The second kappa shape index (κ2) is 7.76. The number of amides is 1. The summed E-state index contributed by atoms with van der Waals surface area (Å²) in [6, 6.07) is 4.81. The molecule has 1 heterocycles. The van der Waals surface area contributed by atoms with Crippen molar-refractivity contribution in [3.8, 4) is 0 Å². The minimum atomic E-state index is -4.92. The Bertz CT molecular complexity index is 707. The fraction of sp³-hybridized carbons (Fsp3) is 0.333. The molecule has 1 aliphatic heterocycles. The third-order valence-electron chi connectivity index (χ3n) is 2.97. The molecule has 10 heteroatoms. The molecule has 0 spiro atoms. The SMILES string of the molecule is CCC(=O)N1CC/C(=N/OS(=O)(=O)[O-])c2cc(Cl)ccc21.[Na+]. The zero-order valence-electron chi connectivity index (χ0n) is 12.1. The van der Waals surface area contributed by atoms with E-state index in [9.17, 15) is 17.8 Å². The Hall–Kier alpha value is -0.640. The molecule has 2 rings (SSSR count). The van der Waals surface area contributed by atoms with Gasteiger partial charge < -0.3 is 9.45 Å². The Morgan fingerprint density at radius 1 is 1.50 bits per heavy atom. The van der Waals surface area contributed by atoms with Crippen molar-refractivity contribution >= 4 is 39.3 Å². The van der Waals surface area contributed by atoms with Crippen molar-refractivity contribution in [2.24, 2.45) is 5.16 Å². The minimum absolute atomic E-state index is 0. The van der Waals surface area contributed by atoms with Gasteiger partial charge >= 0.3 is 29.6 Å². The molecule has 0 saturated heterocycles. The molecule has 22 heavy (non-hydrogen) atoms. The molecule has 0 atom stereocenters. The average molecular weight is 355 g/mol. The van der Waals surface area contributed by atoms with Crippen LogP contribution in [-0.2, 0) is 19.5 Å². The predicted octanol–water partition coefficient (Wildman–Crippen LogP) is -1.33. The van der Waals surface area contributed by atoms with E-state index >= 15 is 0 Å². The topological polar surface area (TPSA) is 99.1 Å². The fourth-order valence-corrected chi connectivity index (χ4v) is 2.44. The van der Waals surface area contributed by atoms with Crippen LogP contribution >= 0.6 is 11.6 Å². The number of carbonyl (C=O) groups excluding carboxylic acids is 1. The number of anilines is 1. The van der Waals surface area contributed by atoms with Gasteiger partial charge in [0.15, 0.2) is 0 Å². The van der Waals surface area contributed by atoms with Gasteiger partial charge in [0.2, 0.25) is 5.91 Å². The van der Waals surface area contributed by atoms with Gasteiger partial charge in [0.05, 0.1) is 11.4 Å². The van der Waals surface area contributed by atoms with Crippen molar-refractivity contribution in [1.82, 2.24) is 0 Å². The van der Waals surface area contributed by atoms with Crippen molar-refractivity contribution in [3.05, 3.63) is 28.8 Å². The van der Waals surface area contributed by atoms with Crippen LogP contribution in [0.25, 0.3) is 0 Å². The van der Waals surface area contributed by atoms with Crippen molar-refractivity contribution in [3.63, 3.8) is 0 Å². The van der Waals surface area contributed by atoms with Crippen LogP contribution in [0.5, 0.6) is 0 Å². The molecule has 0 bridgehead atoms. The summed E-state index contributed by atoms with van der Waals surface area (Å²) < 4.78 is 35.4. The van der Waals surface area contributed by atoms with E-state index in [2.05, 4.69) is 9.44 Å². The number of halogens is 1. The largest absolute Gasteiger partial charge is 1.00 e. The summed E-state index contributed by atoms with van der Waals surface area (Å²) in [6.07, 6.45) is 0.592. The Morgan fingerprint density at radius 3 is 2.77 bits per heavy atom. The number of benzene rings is 1. The number of hydrogen-bond acceptors (Lipinski definition) is 6. The molecule has 1 aliphatic rings. The summed E-state index contributed by atoms with van der Waals surface area (Å²) in [5, 5.41) is 3.78. The first-order valence-electron chi connectivity index (χ1n) is 6.13. The maximum atomic E-state index is 11.9. The van der Waals surface area contributed by atoms with Crippen LogP contribution < -0.4 is 34.5 Å². The molecular weight excluding hydrogens is 343 g/mol. The normalized spacial score (nSPS) is 16.0. The molecule has 7 nitrogen and oxygen atoms in total. The minimum Gasteiger partial charge on any atom is -0.714 e. The molecule has 0 N–H and O–H groups in total. The fourth-order valence-electron chi connectivity index (χ4n) is 2.08. The standard InChI is InChI=1S/C12H13ClN2O5S.Na/c1-2-12(16)15-6-5-10(14-20-21(17,18)19)9-7-8(13)3-4-11(9)15;/h3-4,7H,2,5-6H2,1H3,(H,17,18,19);/q;+1/p-1/b14-10-;. The first-order chi connectivity index (χ1) is 9.81. The summed E-state index contributed by atoms with van der Waals surface area (Å²) in [5.74, 6) is -0.0741. The first kappa shape index (κ1) is 19.4. The third kappa shape index (κ3) is 4.68. The van der Waals surface area contributed by atoms with Gasteiger partial charge in [-0.05, 0) is 18.2 Å². The number of rotatable bonds is 3. The predicted molar refractivity (Wildman–Crippen MR) is 76.0 cm³/mol. The van der Waals surface area contributed by atoms with E-state index in [0.29, 0.717) is 29.2 Å². The van der Waals surface area contributed by atoms with Gasteiger partial charge in [-0.15, -0.1) is 0 Å². The van der Waals surface area contributed by atoms with Gasteiger partial charge in [-0.3, -0.25) is 9.08 Å². The van der Waals surface area contributed by atoms with E-state index in [0.717, 1.165) is 0 Å². The van der Waals surface area contributed by atoms with Crippen LogP contribution in [0.3, 0.4) is 0 Å². The second-order valence-corrected chi connectivity index (χ2v) is 5.73. The Labute approximate surface area is 155 Å². The van der Waals surface area contributed by atoms with Crippen LogP contribution in [0.2, 0.25) is 5.02 Å². The summed E-state index contributed by atoms with van der Waals surface area (Å²) >= 11 is 5.91. The molecule has 114 valence electrons. The smallest absolute Gasteiger partial charge is 0.714 e. The van der Waals surface area contributed by atoms with Crippen molar-refractivity contribution in [1.29, 1.82) is 0 Å².